The maximum absolute atomic E-state index is 14.0. The molecule has 6 N–H and O–H groups in total. The Bertz CT molecular complexity index is 2180. The van der Waals surface area contributed by atoms with Gasteiger partial charge in [0.2, 0.25) is 23.6 Å². The predicted octanol–water partition coefficient (Wildman–Crippen LogP) is 6.56. The highest BCUT2D eigenvalue weighted by Gasteiger charge is 2.38. The number of likely N-dealkylation sites (tertiary alicyclic amines) is 2. The van der Waals surface area contributed by atoms with Crippen LogP contribution in [0.2, 0.25) is 0 Å². The summed E-state index contributed by atoms with van der Waals surface area (Å²) in [6.45, 7) is 12.2. The number of rotatable bonds is 14. The molecule has 2 aromatic heterocycles. The van der Waals surface area contributed by atoms with E-state index < -0.39 is 24.2 Å². The van der Waals surface area contributed by atoms with E-state index in [0.717, 1.165) is 81.4 Å². The highest BCUT2D eigenvalue weighted by Crippen LogP contribution is 2.40. The van der Waals surface area contributed by atoms with Gasteiger partial charge in [-0.15, -0.1) is 0 Å². The fourth-order valence-electron chi connectivity index (χ4n) is 8.94. The lowest BCUT2D eigenvalue weighted by Gasteiger charge is -2.31. The summed E-state index contributed by atoms with van der Waals surface area (Å²) in [5.74, 6) is 0.466. The molecular weight excluding hydrogens is 757 g/mol. The van der Waals surface area contributed by atoms with Crippen molar-refractivity contribution in [3.63, 3.8) is 0 Å². The number of benzene rings is 3. The summed E-state index contributed by atoms with van der Waals surface area (Å²) in [6.07, 6.45) is 4.63. The smallest absolute Gasteiger partial charge is 0.245 e. The molecule has 3 aromatic carbocycles. The van der Waals surface area contributed by atoms with Crippen molar-refractivity contribution >= 4 is 45.6 Å². The Kier molecular flexibility index (Phi) is 12.8. The van der Waals surface area contributed by atoms with Crippen LogP contribution in [0, 0.1) is 11.8 Å². The van der Waals surface area contributed by atoms with Crippen molar-refractivity contribution in [2.24, 2.45) is 23.3 Å². The van der Waals surface area contributed by atoms with Crippen LogP contribution in [0.3, 0.4) is 0 Å². The minimum atomic E-state index is -0.711. The van der Waals surface area contributed by atoms with Gasteiger partial charge in [0.15, 0.2) is 0 Å². The topological polar surface area (TPSA) is 177 Å². The molecule has 6 atom stereocenters. The first-order valence-corrected chi connectivity index (χ1v) is 21.6. The molecule has 0 spiro atoms. The lowest BCUT2D eigenvalue weighted by atomic mass is 9.95. The molecule has 2 saturated heterocycles. The van der Waals surface area contributed by atoms with Gasteiger partial charge in [0.05, 0.1) is 12.1 Å². The lowest BCUT2D eigenvalue weighted by molar-refractivity contribution is -0.138. The van der Waals surface area contributed by atoms with Gasteiger partial charge in [0, 0.05) is 58.2 Å². The molecule has 2 fully saturated rings. The van der Waals surface area contributed by atoms with Crippen LogP contribution in [-0.4, -0.2) is 82.8 Å². The number of hydrogen-bond acceptors (Lipinski definition) is 8. The van der Waals surface area contributed by atoms with Gasteiger partial charge in [-0.1, -0.05) is 88.4 Å². The Morgan fingerprint density at radius 1 is 0.600 bits per heavy atom. The minimum Gasteiger partial charge on any atom is -0.456 e. The molecule has 2 aliphatic rings. The predicted molar refractivity (Wildman–Crippen MR) is 235 cm³/mol. The average Bonchev–Trinajstić information content (AvgIpc) is 4.04. The number of furan rings is 2. The van der Waals surface area contributed by atoms with Gasteiger partial charge >= 0.3 is 0 Å². The number of carbonyl (C=O) groups excluding carboxylic acids is 4. The zero-order valence-corrected chi connectivity index (χ0v) is 35.7. The van der Waals surface area contributed by atoms with Crippen LogP contribution in [0.5, 0.6) is 0 Å². The molecule has 12 heteroatoms. The van der Waals surface area contributed by atoms with E-state index >= 15 is 0 Å². The highest BCUT2D eigenvalue weighted by atomic mass is 16.3. The monoisotopic (exact) mass is 816 g/mol. The number of para-hydroxylation sites is 2. The van der Waals surface area contributed by atoms with E-state index in [1.807, 2.05) is 73.9 Å². The zero-order valence-electron chi connectivity index (χ0n) is 35.7. The van der Waals surface area contributed by atoms with E-state index in [2.05, 4.69) is 47.0 Å². The second kappa shape index (κ2) is 18.0. The first kappa shape index (κ1) is 42.7. The number of amides is 4. The van der Waals surface area contributed by atoms with E-state index in [1.54, 1.807) is 13.8 Å². The Labute approximate surface area is 352 Å². The minimum absolute atomic E-state index is 0.0681. The van der Waals surface area contributed by atoms with E-state index in [4.69, 9.17) is 20.3 Å². The van der Waals surface area contributed by atoms with Crippen molar-refractivity contribution in [3.05, 3.63) is 83.9 Å². The van der Waals surface area contributed by atoms with Crippen LogP contribution in [-0.2, 0) is 32.0 Å². The maximum Gasteiger partial charge on any atom is 0.245 e. The Balaban J connectivity index is 1.17. The highest BCUT2D eigenvalue weighted by molar-refractivity contribution is 5.93. The standard InChI is InChI=1S/C48H60N6O6/c1-27(2)41(51-45(55)29(5)49)47(57)53-23-11-13-33(53)25-37-35-15-7-9-17-39(35)59-43(37)31-19-21-32(22-20-31)44-38(36-16-8-10-18-40(36)60-44)26-34-14-12-24-54(34)48(58)42(28(3)4)52-46(56)30(6)50/h7-10,15-22,27-30,33-34,41-42H,11-14,23-26,49-50H2,1-6H3,(H,51,55)(H,52,56)/t29-,30-,33-,34-,41-,42-/m1/s1. The molecule has 0 unspecified atom stereocenters. The summed E-state index contributed by atoms with van der Waals surface area (Å²) < 4.78 is 13.2. The van der Waals surface area contributed by atoms with Crippen molar-refractivity contribution in [2.45, 2.75) is 116 Å². The summed E-state index contributed by atoms with van der Waals surface area (Å²) in [7, 11) is 0. The molecule has 7 rings (SSSR count). The van der Waals surface area contributed by atoms with Gasteiger partial charge in [0.25, 0.3) is 0 Å². The van der Waals surface area contributed by atoms with E-state index in [1.165, 1.54) is 0 Å². The summed E-state index contributed by atoms with van der Waals surface area (Å²) in [4.78, 5) is 57.1. The third-order valence-electron chi connectivity index (χ3n) is 12.3. The third-order valence-corrected chi connectivity index (χ3v) is 12.3. The van der Waals surface area contributed by atoms with E-state index in [-0.39, 0.29) is 47.5 Å². The van der Waals surface area contributed by atoms with Gasteiger partial charge in [0.1, 0.15) is 34.8 Å². The second-order valence-corrected chi connectivity index (χ2v) is 17.5. The van der Waals surface area contributed by atoms with Crippen LogP contribution >= 0.6 is 0 Å². The van der Waals surface area contributed by atoms with Gasteiger partial charge in [-0.2, -0.15) is 0 Å². The van der Waals surface area contributed by atoms with Gasteiger partial charge in [-0.05, 0) is 76.3 Å². The zero-order chi connectivity index (χ0) is 42.8. The van der Waals surface area contributed by atoms with Crippen molar-refractivity contribution in [3.8, 4) is 22.6 Å². The summed E-state index contributed by atoms with van der Waals surface area (Å²) >= 11 is 0. The normalized spacial score (nSPS) is 19.0. The molecule has 12 nitrogen and oxygen atoms in total. The first-order valence-electron chi connectivity index (χ1n) is 21.6. The SMILES string of the molecule is CC(C)[C@@H](NC(=O)[C@@H](C)N)C(=O)N1CCC[C@@H]1Cc1c(-c2ccc(-c3oc4ccccc4c3C[C@H]3CCCN3C(=O)[C@H](NC(=O)[C@@H](C)N)C(C)C)cc2)oc2ccccc12. The van der Waals surface area contributed by atoms with Crippen LogP contribution in [0.25, 0.3) is 44.6 Å². The fraction of sp³-hybridized carbons (Fsp3) is 0.458. The number of hydrogen-bond donors (Lipinski definition) is 4. The van der Waals surface area contributed by atoms with Crippen LogP contribution in [0.4, 0.5) is 0 Å². The van der Waals surface area contributed by atoms with Crippen molar-refractivity contribution in [1.29, 1.82) is 0 Å². The van der Waals surface area contributed by atoms with Crippen LogP contribution in [0.1, 0.15) is 78.4 Å². The summed E-state index contributed by atoms with van der Waals surface area (Å²) in [6, 6.07) is 21.4. The largest absolute Gasteiger partial charge is 0.456 e. The van der Waals surface area contributed by atoms with Gasteiger partial charge in [-0.25, -0.2) is 0 Å². The quantitative estimate of drug-likeness (QED) is 0.0975. The Morgan fingerprint density at radius 3 is 1.32 bits per heavy atom. The van der Waals surface area contributed by atoms with Gasteiger partial charge < -0.3 is 40.7 Å². The molecule has 60 heavy (non-hydrogen) atoms. The Hall–Kier alpha value is -5.46. The molecular formula is C48H60N6O6. The average molecular weight is 817 g/mol. The Morgan fingerprint density at radius 2 is 0.967 bits per heavy atom. The first-order chi connectivity index (χ1) is 28.7. The number of nitrogens with one attached hydrogen (secondary N) is 2. The van der Waals surface area contributed by atoms with E-state index in [9.17, 15) is 19.2 Å². The molecule has 5 aromatic rings. The number of fused-ring (bicyclic) bond motifs is 2. The molecule has 0 radical (unpaired) electrons. The van der Waals surface area contributed by atoms with Crippen LogP contribution in [0.15, 0.2) is 81.6 Å². The van der Waals surface area contributed by atoms with Gasteiger partial charge in [-0.3, -0.25) is 19.2 Å². The second-order valence-electron chi connectivity index (χ2n) is 17.5. The molecule has 0 bridgehead atoms. The van der Waals surface area contributed by atoms with Crippen molar-refractivity contribution in [2.75, 3.05) is 13.1 Å². The maximum atomic E-state index is 14.0. The molecule has 318 valence electrons. The summed E-state index contributed by atoms with van der Waals surface area (Å²) in [5.41, 5.74) is 17.1. The van der Waals surface area contributed by atoms with Crippen molar-refractivity contribution in [1.82, 2.24) is 20.4 Å². The molecule has 4 heterocycles. The van der Waals surface area contributed by atoms with Crippen LogP contribution < -0.4 is 22.1 Å². The number of nitrogens with two attached hydrogens (primary N) is 2. The lowest BCUT2D eigenvalue weighted by Crippen LogP contribution is -2.55. The van der Waals surface area contributed by atoms with Crippen molar-refractivity contribution < 1.29 is 28.0 Å². The third kappa shape index (κ3) is 8.72. The molecule has 4 amide bonds. The summed E-state index contributed by atoms with van der Waals surface area (Å²) in [5, 5.41) is 7.81. The number of nitrogens with zero attached hydrogens (tertiary/aromatic N) is 2. The molecule has 0 aliphatic carbocycles. The molecule has 0 saturated carbocycles. The number of carbonyl (C=O) groups is 4. The molecule has 2 aliphatic heterocycles. The fourth-order valence-corrected chi connectivity index (χ4v) is 8.94. The van der Waals surface area contributed by atoms with E-state index in [0.29, 0.717) is 25.9 Å².